The van der Waals surface area contributed by atoms with Crippen molar-refractivity contribution < 1.29 is 9.59 Å². The molecule has 102 valence electrons. The van der Waals surface area contributed by atoms with E-state index in [1.54, 1.807) is 0 Å². The predicted octanol–water partition coefficient (Wildman–Crippen LogP) is 1.30. The highest BCUT2D eigenvalue weighted by Crippen LogP contribution is 2.59. The standard InChI is InChI=1S/C14H24N2O2/c1-14(2,3)8-4-5-9-10(6-8)12(9)13(18)16-7-11(15)17/h8-10,12H,4-7H2,1-3H3,(H2,15,17)(H,16,18). The van der Waals surface area contributed by atoms with Gasteiger partial charge >= 0.3 is 0 Å². The van der Waals surface area contributed by atoms with Crippen LogP contribution in [0, 0.1) is 29.1 Å². The quantitative estimate of drug-likeness (QED) is 0.794. The van der Waals surface area contributed by atoms with Crippen molar-refractivity contribution in [1.29, 1.82) is 0 Å². The highest BCUT2D eigenvalue weighted by molar-refractivity contribution is 5.87. The van der Waals surface area contributed by atoms with E-state index in [4.69, 9.17) is 5.73 Å². The number of primary amides is 1. The predicted molar refractivity (Wildman–Crippen MR) is 69.5 cm³/mol. The number of amides is 2. The number of nitrogens with two attached hydrogens (primary N) is 1. The molecule has 2 aliphatic carbocycles. The van der Waals surface area contributed by atoms with E-state index in [2.05, 4.69) is 26.1 Å². The summed E-state index contributed by atoms with van der Waals surface area (Å²) in [4.78, 5) is 22.6. The van der Waals surface area contributed by atoms with Gasteiger partial charge in [0, 0.05) is 5.92 Å². The average molecular weight is 252 g/mol. The van der Waals surface area contributed by atoms with Gasteiger partial charge in [-0.25, -0.2) is 0 Å². The number of fused-ring (bicyclic) bond motifs is 1. The first-order valence-electron chi connectivity index (χ1n) is 6.86. The van der Waals surface area contributed by atoms with Crippen LogP contribution in [-0.2, 0) is 9.59 Å². The molecule has 3 N–H and O–H groups in total. The van der Waals surface area contributed by atoms with Crippen molar-refractivity contribution >= 4 is 11.8 Å². The summed E-state index contributed by atoms with van der Waals surface area (Å²) in [5.74, 6) is 1.50. The fourth-order valence-corrected chi connectivity index (χ4v) is 3.47. The number of carbonyl (C=O) groups excluding carboxylic acids is 2. The largest absolute Gasteiger partial charge is 0.368 e. The molecule has 4 nitrogen and oxygen atoms in total. The summed E-state index contributed by atoms with van der Waals surface area (Å²) in [6.45, 7) is 6.81. The van der Waals surface area contributed by atoms with E-state index in [9.17, 15) is 9.59 Å². The van der Waals surface area contributed by atoms with Gasteiger partial charge in [0.05, 0.1) is 6.54 Å². The first-order chi connectivity index (χ1) is 8.30. The Bertz CT molecular complexity index is 359. The second-order valence-electron chi connectivity index (χ2n) is 6.91. The van der Waals surface area contributed by atoms with Crippen LogP contribution in [0.2, 0.25) is 0 Å². The van der Waals surface area contributed by atoms with Crippen LogP contribution in [0.25, 0.3) is 0 Å². The molecule has 4 heteroatoms. The van der Waals surface area contributed by atoms with Gasteiger partial charge in [-0.3, -0.25) is 9.59 Å². The zero-order chi connectivity index (χ0) is 13.5. The van der Waals surface area contributed by atoms with Crippen molar-refractivity contribution in [3.05, 3.63) is 0 Å². The smallest absolute Gasteiger partial charge is 0.236 e. The molecule has 2 fully saturated rings. The molecule has 0 spiro atoms. The van der Waals surface area contributed by atoms with Gasteiger partial charge in [0.2, 0.25) is 11.8 Å². The maximum atomic E-state index is 11.9. The van der Waals surface area contributed by atoms with Crippen LogP contribution in [0.1, 0.15) is 40.0 Å². The lowest BCUT2D eigenvalue weighted by Crippen LogP contribution is -2.34. The molecule has 2 aliphatic rings. The molecule has 0 radical (unpaired) electrons. The van der Waals surface area contributed by atoms with Gasteiger partial charge in [-0.15, -0.1) is 0 Å². The number of hydrogen-bond donors (Lipinski definition) is 2. The zero-order valence-electron chi connectivity index (χ0n) is 11.5. The van der Waals surface area contributed by atoms with Crippen molar-refractivity contribution in [2.75, 3.05) is 6.54 Å². The first-order valence-corrected chi connectivity index (χ1v) is 6.86. The van der Waals surface area contributed by atoms with Crippen molar-refractivity contribution in [3.63, 3.8) is 0 Å². The van der Waals surface area contributed by atoms with Crippen molar-refractivity contribution in [2.45, 2.75) is 40.0 Å². The van der Waals surface area contributed by atoms with Crippen molar-refractivity contribution in [3.8, 4) is 0 Å². The van der Waals surface area contributed by atoms with Gasteiger partial charge in [-0.05, 0) is 42.4 Å². The van der Waals surface area contributed by atoms with E-state index in [0.717, 1.165) is 12.8 Å². The topological polar surface area (TPSA) is 72.2 Å². The Morgan fingerprint density at radius 1 is 1.22 bits per heavy atom. The second kappa shape index (κ2) is 4.56. The Labute approximate surface area is 109 Å². The minimum atomic E-state index is -0.473. The highest BCUT2D eigenvalue weighted by atomic mass is 16.2. The molecule has 0 bridgehead atoms. The highest BCUT2D eigenvalue weighted by Gasteiger charge is 2.57. The van der Waals surface area contributed by atoms with Gasteiger partial charge < -0.3 is 11.1 Å². The van der Waals surface area contributed by atoms with Crippen molar-refractivity contribution in [2.24, 2.45) is 34.8 Å². The summed E-state index contributed by atoms with van der Waals surface area (Å²) < 4.78 is 0. The average Bonchev–Trinajstić information content (AvgIpc) is 2.97. The molecule has 0 aliphatic heterocycles. The summed E-state index contributed by atoms with van der Waals surface area (Å²) >= 11 is 0. The molecule has 0 aromatic heterocycles. The lowest BCUT2D eigenvalue weighted by molar-refractivity contribution is -0.126. The normalized spacial score (nSPS) is 34.6. The lowest BCUT2D eigenvalue weighted by Gasteiger charge is -2.33. The molecule has 4 unspecified atom stereocenters. The van der Waals surface area contributed by atoms with E-state index in [-0.39, 0.29) is 18.4 Å². The second-order valence-corrected chi connectivity index (χ2v) is 6.91. The first kappa shape index (κ1) is 13.4. The number of rotatable bonds is 3. The molecule has 18 heavy (non-hydrogen) atoms. The Hall–Kier alpha value is -1.06. The van der Waals surface area contributed by atoms with E-state index < -0.39 is 5.91 Å². The summed E-state index contributed by atoms with van der Waals surface area (Å²) in [5.41, 5.74) is 5.37. The van der Waals surface area contributed by atoms with E-state index in [0.29, 0.717) is 23.2 Å². The Balaban J connectivity index is 1.86. The molecule has 0 saturated heterocycles. The van der Waals surface area contributed by atoms with Gasteiger partial charge in [0.1, 0.15) is 0 Å². The van der Waals surface area contributed by atoms with E-state index in [1.807, 2.05) is 0 Å². The number of nitrogens with one attached hydrogen (secondary N) is 1. The van der Waals surface area contributed by atoms with E-state index in [1.165, 1.54) is 6.42 Å². The Morgan fingerprint density at radius 2 is 1.89 bits per heavy atom. The number of carbonyl (C=O) groups is 2. The van der Waals surface area contributed by atoms with Gasteiger partial charge in [0.25, 0.3) is 0 Å². The minimum absolute atomic E-state index is 0.0263. The van der Waals surface area contributed by atoms with Crippen LogP contribution < -0.4 is 11.1 Å². The SMILES string of the molecule is CC(C)(C)C1CCC2C(C1)C2C(=O)NCC(N)=O. The summed E-state index contributed by atoms with van der Waals surface area (Å²) in [6, 6.07) is 0. The summed E-state index contributed by atoms with van der Waals surface area (Å²) in [5, 5.41) is 2.64. The van der Waals surface area contributed by atoms with Gasteiger partial charge in [0.15, 0.2) is 0 Å². The maximum absolute atomic E-state index is 11.9. The monoisotopic (exact) mass is 252 g/mol. The third kappa shape index (κ3) is 2.68. The van der Waals surface area contributed by atoms with Crippen LogP contribution >= 0.6 is 0 Å². The molecule has 0 aromatic carbocycles. The fraction of sp³-hybridized carbons (Fsp3) is 0.857. The maximum Gasteiger partial charge on any atom is 0.236 e. The third-order valence-electron chi connectivity index (χ3n) is 4.70. The summed E-state index contributed by atoms with van der Waals surface area (Å²) in [7, 11) is 0. The Morgan fingerprint density at radius 3 is 2.44 bits per heavy atom. The van der Waals surface area contributed by atoms with Crippen LogP contribution in [0.5, 0.6) is 0 Å². The summed E-state index contributed by atoms with van der Waals surface area (Å²) in [6.07, 6.45) is 3.54. The fourth-order valence-electron chi connectivity index (χ4n) is 3.47. The van der Waals surface area contributed by atoms with Crippen molar-refractivity contribution in [1.82, 2.24) is 5.32 Å². The van der Waals surface area contributed by atoms with Gasteiger partial charge in [-0.2, -0.15) is 0 Å². The molecule has 2 amide bonds. The van der Waals surface area contributed by atoms with Crippen LogP contribution in [0.15, 0.2) is 0 Å². The molecular formula is C14H24N2O2. The molecule has 2 rings (SSSR count). The molecule has 0 aromatic rings. The van der Waals surface area contributed by atoms with Crippen LogP contribution in [0.3, 0.4) is 0 Å². The molecule has 0 heterocycles. The zero-order valence-corrected chi connectivity index (χ0v) is 11.5. The minimum Gasteiger partial charge on any atom is -0.368 e. The molecule has 2 saturated carbocycles. The van der Waals surface area contributed by atoms with E-state index >= 15 is 0 Å². The van der Waals surface area contributed by atoms with Crippen LogP contribution in [-0.4, -0.2) is 18.4 Å². The third-order valence-corrected chi connectivity index (χ3v) is 4.70. The van der Waals surface area contributed by atoms with Gasteiger partial charge in [-0.1, -0.05) is 20.8 Å². The molecule has 4 atom stereocenters. The van der Waals surface area contributed by atoms with Crippen LogP contribution in [0.4, 0.5) is 0 Å². The molecular weight excluding hydrogens is 228 g/mol. The lowest BCUT2D eigenvalue weighted by atomic mass is 9.72. The Kier molecular flexibility index (Phi) is 3.39. The number of hydrogen-bond acceptors (Lipinski definition) is 2.